The maximum Gasteiger partial charge on any atom is 0.326 e. The SMILES string of the molecule is CCC(C)C(NC(=O)C(Cc1c[nH]c2ccccc12)NC(=O)C(CS)NC(=O)C(N)Cc1cnc[nH]1)C(=O)O. The van der Waals surface area contributed by atoms with Gasteiger partial charge in [0, 0.05) is 47.6 Å². The second-order valence-electron chi connectivity index (χ2n) is 9.47. The van der Waals surface area contributed by atoms with E-state index in [2.05, 4.69) is 43.5 Å². The van der Waals surface area contributed by atoms with Gasteiger partial charge in [-0.1, -0.05) is 38.5 Å². The molecule has 0 bridgehead atoms. The molecule has 5 unspecified atom stereocenters. The van der Waals surface area contributed by atoms with Crippen LogP contribution in [0.5, 0.6) is 0 Å². The van der Waals surface area contributed by atoms with E-state index in [1.54, 1.807) is 19.3 Å². The number of H-pyrrole nitrogens is 2. The lowest BCUT2D eigenvalue weighted by molar-refractivity contribution is -0.143. The number of nitrogens with two attached hydrogens (primary N) is 1. The highest BCUT2D eigenvalue weighted by atomic mass is 32.1. The number of aromatic nitrogens is 3. The van der Waals surface area contributed by atoms with Crippen molar-refractivity contribution in [3.8, 4) is 0 Å². The number of fused-ring (bicyclic) bond motifs is 1. The highest BCUT2D eigenvalue weighted by Gasteiger charge is 2.32. The van der Waals surface area contributed by atoms with Gasteiger partial charge in [-0.3, -0.25) is 14.4 Å². The number of para-hydroxylation sites is 1. The molecule has 39 heavy (non-hydrogen) atoms. The third-order valence-corrected chi connectivity index (χ3v) is 7.02. The van der Waals surface area contributed by atoms with Gasteiger partial charge >= 0.3 is 5.97 Å². The van der Waals surface area contributed by atoms with Gasteiger partial charge in [0.1, 0.15) is 18.1 Å². The first-order chi connectivity index (χ1) is 18.6. The molecule has 0 radical (unpaired) electrons. The lowest BCUT2D eigenvalue weighted by atomic mass is 9.98. The summed E-state index contributed by atoms with van der Waals surface area (Å²) < 4.78 is 0. The topological polar surface area (TPSA) is 195 Å². The molecule has 0 aliphatic carbocycles. The third-order valence-electron chi connectivity index (χ3n) is 6.66. The summed E-state index contributed by atoms with van der Waals surface area (Å²) in [6.45, 7) is 3.56. The van der Waals surface area contributed by atoms with Crippen LogP contribution in [0.1, 0.15) is 31.5 Å². The Bertz CT molecular complexity index is 1280. The van der Waals surface area contributed by atoms with Gasteiger partial charge in [-0.15, -0.1) is 0 Å². The Hall–Kier alpha value is -3.84. The molecule has 3 rings (SSSR count). The van der Waals surface area contributed by atoms with Crippen molar-refractivity contribution in [1.82, 2.24) is 30.9 Å². The standard InChI is InChI=1S/C26H35N7O5S/c1-3-14(2)22(26(37)38)33-24(35)20(8-15-10-29-19-7-5-4-6-17(15)19)31-25(36)21(12-39)32-23(34)18(27)9-16-11-28-13-30-16/h4-7,10-11,13-14,18,20-22,29,39H,3,8-9,12,27H2,1-2H3,(H,28,30)(H,31,36)(H,32,34)(H,33,35)(H,37,38). The minimum Gasteiger partial charge on any atom is -0.480 e. The number of hydrogen-bond donors (Lipinski definition) is 8. The highest BCUT2D eigenvalue weighted by molar-refractivity contribution is 7.80. The lowest BCUT2D eigenvalue weighted by Gasteiger charge is -2.26. The maximum atomic E-state index is 13.4. The number of benzene rings is 1. The fourth-order valence-corrected chi connectivity index (χ4v) is 4.39. The number of thiol groups is 1. The molecule has 1 aromatic carbocycles. The molecule has 0 aliphatic heterocycles. The molecule has 0 saturated heterocycles. The normalized spacial score (nSPS) is 15.1. The average molecular weight is 558 g/mol. The molecule has 0 aliphatic rings. The first kappa shape index (κ1) is 29.7. The molecule has 8 N–H and O–H groups in total. The zero-order chi connectivity index (χ0) is 28.5. The van der Waals surface area contributed by atoms with Crippen LogP contribution < -0.4 is 21.7 Å². The number of nitrogens with zero attached hydrogens (tertiary/aromatic N) is 1. The molecule has 2 heterocycles. The Morgan fingerprint density at radius 1 is 1.03 bits per heavy atom. The highest BCUT2D eigenvalue weighted by Crippen LogP contribution is 2.19. The summed E-state index contributed by atoms with van der Waals surface area (Å²) in [6.07, 6.45) is 5.56. The van der Waals surface area contributed by atoms with E-state index in [0.717, 1.165) is 16.5 Å². The number of carboxylic acids is 1. The molecule has 2 aromatic heterocycles. The van der Waals surface area contributed by atoms with Gasteiger partial charge in [0.15, 0.2) is 0 Å². The van der Waals surface area contributed by atoms with Gasteiger partial charge in [-0.25, -0.2) is 9.78 Å². The van der Waals surface area contributed by atoms with Crippen molar-refractivity contribution in [2.24, 2.45) is 11.7 Å². The fourth-order valence-electron chi connectivity index (χ4n) is 4.14. The molecule has 0 saturated carbocycles. The zero-order valence-corrected chi connectivity index (χ0v) is 22.7. The van der Waals surface area contributed by atoms with Crippen LogP contribution in [0.25, 0.3) is 10.9 Å². The van der Waals surface area contributed by atoms with Gasteiger partial charge in [-0.05, 0) is 17.5 Å². The molecule has 210 valence electrons. The summed E-state index contributed by atoms with van der Waals surface area (Å²) in [5, 5.41) is 18.4. The van der Waals surface area contributed by atoms with Crippen molar-refractivity contribution in [3.63, 3.8) is 0 Å². The van der Waals surface area contributed by atoms with Gasteiger partial charge in [0.25, 0.3) is 0 Å². The number of amides is 3. The average Bonchev–Trinajstić information content (AvgIpc) is 3.59. The maximum absolute atomic E-state index is 13.4. The second-order valence-corrected chi connectivity index (χ2v) is 9.83. The Kier molecular flexibility index (Phi) is 10.5. The minimum absolute atomic E-state index is 0.0552. The Morgan fingerprint density at radius 2 is 1.72 bits per heavy atom. The predicted octanol–water partition coefficient (Wildman–Crippen LogP) is 0.518. The smallest absolute Gasteiger partial charge is 0.326 e. The van der Waals surface area contributed by atoms with Crippen LogP contribution in [-0.4, -0.2) is 73.7 Å². The summed E-state index contributed by atoms with van der Waals surface area (Å²) in [4.78, 5) is 61.0. The van der Waals surface area contributed by atoms with E-state index in [4.69, 9.17) is 5.73 Å². The first-order valence-electron chi connectivity index (χ1n) is 12.7. The first-order valence-corrected chi connectivity index (χ1v) is 13.3. The van der Waals surface area contributed by atoms with Gasteiger partial charge in [-0.2, -0.15) is 12.6 Å². The van der Waals surface area contributed by atoms with E-state index >= 15 is 0 Å². The molecular formula is C26H35N7O5S. The van der Waals surface area contributed by atoms with Crippen LogP contribution in [0.15, 0.2) is 43.0 Å². The van der Waals surface area contributed by atoms with E-state index < -0.39 is 47.9 Å². The van der Waals surface area contributed by atoms with Crippen molar-refractivity contribution < 1.29 is 24.3 Å². The molecular weight excluding hydrogens is 522 g/mol. The number of hydrogen-bond acceptors (Lipinski definition) is 7. The molecule has 0 spiro atoms. The van der Waals surface area contributed by atoms with Crippen LogP contribution >= 0.6 is 12.6 Å². The lowest BCUT2D eigenvalue weighted by Crippen LogP contribution is -2.58. The van der Waals surface area contributed by atoms with E-state index in [-0.39, 0.29) is 24.5 Å². The van der Waals surface area contributed by atoms with Crippen molar-refractivity contribution >= 4 is 47.2 Å². The van der Waals surface area contributed by atoms with Gasteiger partial charge in [0.05, 0.1) is 12.4 Å². The number of nitrogens with one attached hydrogen (secondary N) is 5. The third kappa shape index (κ3) is 7.83. The van der Waals surface area contributed by atoms with Crippen molar-refractivity contribution in [2.75, 3.05) is 5.75 Å². The largest absolute Gasteiger partial charge is 0.480 e. The molecule has 3 amide bonds. The molecule has 0 fully saturated rings. The number of carbonyl (C=O) groups excluding carboxylic acids is 3. The van der Waals surface area contributed by atoms with Crippen LogP contribution in [0.2, 0.25) is 0 Å². The summed E-state index contributed by atoms with van der Waals surface area (Å²) >= 11 is 4.20. The number of aromatic amines is 2. The van der Waals surface area contributed by atoms with E-state index in [9.17, 15) is 24.3 Å². The number of carbonyl (C=O) groups is 4. The van der Waals surface area contributed by atoms with Crippen LogP contribution in [0, 0.1) is 5.92 Å². The minimum atomic E-state index is -1.17. The molecule has 12 nitrogen and oxygen atoms in total. The van der Waals surface area contributed by atoms with E-state index in [0.29, 0.717) is 12.1 Å². The zero-order valence-electron chi connectivity index (χ0n) is 21.8. The number of carboxylic acid groups (broad SMARTS) is 1. The van der Waals surface area contributed by atoms with Crippen molar-refractivity contribution in [2.45, 2.75) is 57.3 Å². The monoisotopic (exact) mass is 557 g/mol. The Labute approximate surface area is 231 Å². The van der Waals surface area contributed by atoms with E-state index in [1.165, 1.54) is 6.33 Å². The van der Waals surface area contributed by atoms with Crippen LogP contribution in [-0.2, 0) is 32.0 Å². The molecule has 5 atom stereocenters. The Balaban J connectivity index is 1.78. The quantitative estimate of drug-likeness (QED) is 0.132. The van der Waals surface area contributed by atoms with Gasteiger partial charge < -0.3 is 36.8 Å². The summed E-state index contributed by atoms with van der Waals surface area (Å²) in [6, 6.07) is 3.20. The second kappa shape index (κ2) is 13.8. The number of imidazole rings is 1. The number of aliphatic carboxylic acids is 1. The van der Waals surface area contributed by atoms with Crippen LogP contribution in [0.4, 0.5) is 0 Å². The van der Waals surface area contributed by atoms with E-state index in [1.807, 2.05) is 31.2 Å². The van der Waals surface area contributed by atoms with Crippen molar-refractivity contribution in [1.29, 1.82) is 0 Å². The van der Waals surface area contributed by atoms with Crippen LogP contribution in [0.3, 0.4) is 0 Å². The van der Waals surface area contributed by atoms with Crippen molar-refractivity contribution in [3.05, 3.63) is 54.2 Å². The summed E-state index contributed by atoms with van der Waals surface area (Å²) in [5.74, 6) is -3.43. The Morgan fingerprint density at radius 3 is 2.36 bits per heavy atom. The predicted molar refractivity (Wildman–Crippen MR) is 149 cm³/mol. The number of rotatable bonds is 14. The van der Waals surface area contributed by atoms with Gasteiger partial charge in [0.2, 0.25) is 17.7 Å². The molecule has 13 heteroatoms. The fraction of sp³-hybridized carbons (Fsp3) is 0.423. The summed E-state index contributed by atoms with van der Waals surface area (Å²) in [7, 11) is 0. The summed E-state index contributed by atoms with van der Waals surface area (Å²) in [5.41, 5.74) is 8.26. The molecule has 3 aromatic rings.